The summed E-state index contributed by atoms with van der Waals surface area (Å²) in [5, 5.41) is 5.20. The summed E-state index contributed by atoms with van der Waals surface area (Å²) >= 11 is 8.36. The minimum absolute atomic E-state index is 0.0847. The number of hydrogen-bond donors (Lipinski definition) is 1. The van der Waals surface area contributed by atoms with Gasteiger partial charge in [0.2, 0.25) is 5.91 Å². The van der Waals surface area contributed by atoms with Gasteiger partial charge >= 0.3 is 0 Å². The van der Waals surface area contributed by atoms with Crippen LogP contribution in [0.3, 0.4) is 0 Å². The first-order valence-corrected chi connectivity index (χ1v) is 10.7. The quantitative estimate of drug-likeness (QED) is 0.790. The fraction of sp³-hybridized carbons (Fsp3) is 0.412. The number of likely N-dealkylation sites (tertiary alicyclic amines) is 1. The number of fused-ring (bicyclic) bond motifs is 4. The lowest BCUT2D eigenvalue weighted by Crippen LogP contribution is -2.48. The van der Waals surface area contributed by atoms with E-state index in [9.17, 15) is 9.59 Å². The predicted octanol–water partition coefficient (Wildman–Crippen LogP) is 2.38. The third kappa shape index (κ3) is 3.70. The van der Waals surface area contributed by atoms with Crippen molar-refractivity contribution in [2.75, 3.05) is 24.2 Å². The van der Waals surface area contributed by atoms with Crippen LogP contribution < -0.4 is 10.9 Å². The number of carbonyl (C=O) groups is 1. The lowest BCUT2D eigenvalue weighted by molar-refractivity contribution is -0.113. The molecule has 2 aromatic heterocycles. The fourth-order valence-electron chi connectivity index (χ4n) is 3.70. The zero-order valence-corrected chi connectivity index (χ0v) is 16.4. The normalized spacial score (nSPS) is 21.2. The van der Waals surface area contributed by atoms with Crippen LogP contribution in [0.4, 0.5) is 5.13 Å². The summed E-state index contributed by atoms with van der Waals surface area (Å²) in [7, 11) is 0. The highest BCUT2D eigenvalue weighted by molar-refractivity contribution is 8.23. The number of pyridine rings is 1. The van der Waals surface area contributed by atoms with Crippen LogP contribution in [-0.2, 0) is 11.3 Å². The zero-order valence-electron chi connectivity index (χ0n) is 14.0. The van der Waals surface area contributed by atoms with Gasteiger partial charge in [-0.15, -0.1) is 11.3 Å². The van der Waals surface area contributed by atoms with Crippen LogP contribution in [0, 0.1) is 5.92 Å². The number of piperidine rings is 1. The Balaban J connectivity index is 1.37. The van der Waals surface area contributed by atoms with E-state index in [-0.39, 0.29) is 17.2 Å². The molecule has 9 heteroatoms. The number of amides is 1. The molecule has 0 aromatic carbocycles. The van der Waals surface area contributed by atoms with Crippen molar-refractivity contribution < 1.29 is 4.79 Å². The van der Waals surface area contributed by atoms with E-state index in [1.54, 1.807) is 12.3 Å². The van der Waals surface area contributed by atoms with Crippen LogP contribution in [-0.4, -0.2) is 43.5 Å². The van der Waals surface area contributed by atoms with Crippen molar-refractivity contribution in [3.63, 3.8) is 0 Å². The van der Waals surface area contributed by atoms with Gasteiger partial charge in [0.05, 0.1) is 5.75 Å². The summed E-state index contributed by atoms with van der Waals surface area (Å²) in [6.45, 7) is 2.40. The Morgan fingerprint density at radius 1 is 1.38 bits per heavy atom. The SMILES string of the molecule is O=C(CSC(=S)N1C[C@@H]2C[C@H](C1)c1cccc(=O)n1C2)Nc1nccs1. The van der Waals surface area contributed by atoms with Gasteiger partial charge in [-0.1, -0.05) is 30.0 Å². The van der Waals surface area contributed by atoms with Crippen LogP contribution in [0.5, 0.6) is 0 Å². The third-order valence-corrected chi connectivity index (χ3v) is 6.96. The number of aromatic nitrogens is 2. The number of anilines is 1. The molecule has 4 rings (SSSR count). The minimum atomic E-state index is -0.0959. The number of carbonyl (C=O) groups excluding carboxylic acids is 1. The summed E-state index contributed by atoms with van der Waals surface area (Å²) in [6.07, 6.45) is 2.76. The molecule has 2 atom stereocenters. The zero-order chi connectivity index (χ0) is 18.1. The number of nitrogens with one attached hydrogen (secondary N) is 1. The van der Waals surface area contributed by atoms with E-state index >= 15 is 0 Å². The first-order valence-electron chi connectivity index (χ1n) is 8.41. The Labute approximate surface area is 164 Å². The predicted molar refractivity (Wildman–Crippen MR) is 109 cm³/mol. The van der Waals surface area contributed by atoms with Gasteiger partial charge in [0, 0.05) is 48.9 Å². The van der Waals surface area contributed by atoms with Gasteiger partial charge in [-0.3, -0.25) is 9.59 Å². The van der Waals surface area contributed by atoms with E-state index in [1.807, 2.05) is 22.1 Å². The molecule has 2 aliphatic heterocycles. The highest BCUT2D eigenvalue weighted by Gasteiger charge is 2.35. The van der Waals surface area contributed by atoms with E-state index < -0.39 is 0 Å². The van der Waals surface area contributed by atoms with Crippen LogP contribution in [0.2, 0.25) is 0 Å². The van der Waals surface area contributed by atoms with Gasteiger partial charge < -0.3 is 14.8 Å². The molecule has 1 saturated heterocycles. The summed E-state index contributed by atoms with van der Waals surface area (Å²) < 4.78 is 2.66. The highest BCUT2D eigenvalue weighted by Crippen LogP contribution is 2.36. The molecular weight excluding hydrogens is 388 g/mol. The maximum atomic E-state index is 12.1. The minimum Gasteiger partial charge on any atom is -0.356 e. The molecule has 4 heterocycles. The monoisotopic (exact) mass is 406 g/mol. The van der Waals surface area contributed by atoms with E-state index in [0.717, 1.165) is 36.1 Å². The molecule has 2 aliphatic rings. The van der Waals surface area contributed by atoms with Crippen molar-refractivity contribution in [2.45, 2.75) is 18.9 Å². The molecule has 0 unspecified atom stereocenters. The molecule has 1 fully saturated rings. The number of thioether (sulfide) groups is 1. The number of thiocarbonyl (C=S) groups is 1. The molecule has 1 amide bonds. The lowest BCUT2D eigenvalue weighted by Gasteiger charge is -2.43. The average Bonchev–Trinajstić information content (AvgIpc) is 3.13. The van der Waals surface area contributed by atoms with Crippen molar-refractivity contribution in [1.29, 1.82) is 0 Å². The highest BCUT2D eigenvalue weighted by atomic mass is 32.2. The third-order valence-electron chi connectivity index (χ3n) is 4.74. The number of thiazole rings is 1. The van der Waals surface area contributed by atoms with Gasteiger partial charge in [0.15, 0.2) is 5.13 Å². The van der Waals surface area contributed by atoms with Crippen molar-refractivity contribution in [1.82, 2.24) is 14.5 Å². The van der Waals surface area contributed by atoms with E-state index in [0.29, 0.717) is 17.0 Å². The number of rotatable bonds is 3. The molecule has 136 valence electrons. The molecule has 0 aliphatic carbocycles. The molecule has 6 nitrogen and oxygen atoms in total. The van der Waals surface area contributed by atoms with Crippen LogP contribution >= 0.6 is 35.3 Å². The van der Waals surface area contributed by atoms with Crippen LogP contribution in [0.25, 0.3) is 0 Å². The maximum absolute atomic E-state index is 12.1. The fourth-order valence-corrected chi connectivity index (χ4v) is 5.23. The number of hydrogen-bond acceptors (Lipinski definition) is 6. The Hall–Kier alpha value is -1.71. The van der Waals surface area contributed by atoms with E-state index in [4.69, 9.17) is 12.2 Å². The Morgan fingerprint density at radius 2 is 2.27 bits per heavy atom. The van der Waals surface area contributed by atoms with Crippen molar-refractivity contribution in [3.8, 4) is 0 Å². The van der Waals surface area contributed by atoms with E-state index in [2.05, 4.69) is 15.2 Å². The standard InChI is InChI=1S/C17H18N4O2S3/c22-14(19-16-18-4-5-25-16)10-26-17(24)20-7-11-6-12(9-20)13-2-1-3-15(23)21(13)8-11/h1-5,11-12H,6-10H2,(H,18,19,22)/t11-,12+/m0/s1. The Bertz CT molecular complexity index is 880. The van der Waals surface area contributed by atoms with Crippen molar-refractivity contribution in [3.05, 3.63) is 45.8 Å². The molecule has 1 N–H and O–H groups in total. The summed E-state index contributed by atoms with van der Waals surface area (Å²) in [6, 6.07) is 5.51. The van der Waals surface area contributed by atoms with Gasteiger partial charge in [-0.2, -0.15) is 0 Å². The van der Waals surface area contributed by atoms with Crippen LogP contribution in [0.15, 0.2) is 34.6 Å². The average molecular weight is 407 g/mol. The molecular formula is C17H18N4O2S3. The second-order valence-electron chi connectivity index (χ2n) is 6.54. The second-order valence-corrected chi connectivity index (χ2v) is 9.05. The summed E-state index contributed by atoms with van der Waals surface area (Å²) in [5.74, 6) is 0.921. The number of nitrogens with zero attached hydrogens (tertiary/aromatic N) is 3. The first-order chi connectivity index (χ1) is 12.6. The molecule has 26 heavy (non-hydrogen) atoms. The molecule has 0 saturated carbocycles. The molecule has 0 radical (unpaired) electrons. The van der Waals surface area contributed by atoms with Gasteiger partial charge in [-0.05, 0) is 18.4 Å². The van der Waals surface area contributed by atoms with Crippen molar-refractivity contribution in [2.24, 2.45) is 5.92 Å². The lowest BCUT2D eigenvalue weighted by atomic mass is 9.83. The van der Waals surface area contributed by atoms with Crippen molar-refractivity contribution >= 4 is 50.7 Å². The summed E-state index contributed by atoms with van der Waals surface area (Å²) in [5.41, 5.74) is 1.19. The Kier molecular flexibility index (Phi) is 5.10. The molecule has 0 spiro atoms. The second kappa shape index (κ2) is 7.50. The first kappa shape index (κ1) is 17.7. The van der Waals surface area contributed by atoms with E-state index in [1.165, 1.54) is 23.1 Å². The molecule has 2 bridgehead atoms. The van der Waals surface area contributed by atoms with Gasteiger partial charge in [0.1, 0.15) is 4.32 Å². The largest absolute Gasteiger partial charge is 0.356 e. The summed E-state index contributed by atoms with van der Waals surface area (Å²) in [4.78, 5) is 30.3. The van der Waals surface area contributed by atoms with Gasteiger partial charge in [0.25, 0.3) is 5.56 Å². The maximum Gasteiger partial charge on any atom is 0.250 e. The molecule has 2 aromatic rings. The van der Waals surface area contributed by atoms with Crippen LogP contribution in [0.1, 0.15) is 18.0 Å². The van der Waals surface area contributed by atoms with Gasteiger partial charge in [-0.25, -0.2) is 4.98 Å². The smallest absolute Gasteiger partial charge is 0.250 e. The topological polar surface area (TPSA) is 67.2 Å². The Morgan fingerprint density at radius 3 is 3.08 bits per heavy atom.